The molecule has 0 saturated carbocycles. The van der Waals surface area contributed by atoms with Gasteiger partial charge in [0.2, 0.25) is 0 Å². The lowest BCUT2D eigenvalue weighted by molar-refractivity contribution is 0.301. The van der Waals surface area contributed by atoms with Crippen molar-refractivity contribution in [2.75, 3.05) is 0 Å². The summed E-state index contributed by atoms with van der Waals surface area (Å²) in [4.78, 5) is 0. The SMILES string of the molecule is Cc1cccc(CN)c1OCc1cnn(C)c1. The molecular weight excluding hydrogens is 214 g/mol. The average molecular weight is 231 g/mol. The number of para-hydroxylation sites is 1. The maximum Gasteiger partial charge on any atom is 0.127 e. The predicted molar refractivity (Wildman–Crippen MR) is 66.6 cm³/mol. The predicted octanol–water partition coefficient (Wildman–Crippen LogP) is 1.77. The molecule has 1 heterocycles. The number of aromatic nitrogens is 2. The Bertz CT molecular complexity index is 505. The molecule has 0 bridgehead atoms. The third-order valence-corrected chi connectivity index (χ3v) is 2.65. The highest BCUT2D eigenvalue weighted by molar-refractivity contribution is 5.40. The van der Waals surface area contributed by atoms with Crippen molar-refractivity contribution < 1.29 is 4.74 Å². The molecule has 0 atom stereocenters. The zero-order valence-corrected chi connectivity index (χ0v) is 10.2. The Balaban J connectivity index is 2.13. The van der Waals surface area contributed by atoms with E-state index in [-0.39, 0.29) is 0 Å². The Morgan fingerprint density at radius 2 is 2.24 bits per heavy atom. The molecule has 90 valence electrons. The fourth-order valence-electron chi connectivity index (χ4n) is 1.78. The number of nitrogens with two attached hydrogens (primary N) is 1. The molecule has 2 N–H and O–H groups in total. The number of nitrogens with zero attached hydrogens (tertiary/aromatic N) is 2. The van der Waals surface area contributed by atoms with Gasteiger partial charge in [0.05, 0.1) is 6.20 Å². The number of benzene rings is 1. The van der Waals surface area contributed by atoms with Crippen molar-refractivity contribution in [3.8, 4) is 5.75 Å². The van der Waals surface area contributed by atoms with Gasteiger partial charge in [-0.2, -0.15) is 5.10 Å². The Hall–Kier alpha value is -1.81. The van der Waals surface area contributed by atoms with Crippen LogP contribution in [0.5, 0.6) is 5.75 Å². The molecule has 0 aliphatic rings. The molecule has 0 unspecified atom stereocenters. The van der Waals surface area contributed by atoms with Gasteiger partial charge in [-0.1, -0.05) is 18.2 Å². The van der Waals surface area contributed by atoms with E-state index in [0.717, 1.165) is 22.4 Å². The van der Waals surface area contributed by atoms with E-state index in [4.69, 9.17) is 10.5 Å². The molecule has 2 aromatic rings. The second kappa shape index (κ2) is 5.01. The fraction of sp³-hybridized carbons (Fsp3) is 0.308. The Kier molecular flexibility index (Phi) is 3.44. The van der Waals surface area contributed by atoms with E-state index in [0.29, 0.717) is 13.2 Å². The quantitative estimate of drug-likeness (QED) is 0.872. The number of hydrogen-bond acceptors (Lipinski definition) is 3. The van der Waals surface area contributed by atoms with Crippen molar-refractivity contribution in [3.05, 3.63) is 47.3 Å². The summed E-state index contributed by atoms with van der Waals surface area (Å²) in [6.07, 6.45) is 3.75. The van der Waals surface area contributed by atoms with Gasteiger partial charge in [-0.05, 0) is 12.5 Å². The van der Waals surface area contributed by atoms with Crippen LogP contribution in [0, 0.1) is 6.92 Å². The minimum atomic E-state index is 0.490. The molecule has 0 fully saturated rings. The Labute approximate surface area is 101 Å². The second-order valence-corrected chi connectivity index (χ2v) is 4.08. The van der Waals surface area contributed by atoms with E-state index < -0.39 is 0 Å². The molecule has 0 aliphatic carbocycles. The van der Waals surface area contributed by atoms with Gasteiger partial charge in [0.25, 0.3) is 0 Å². The molecule has 17 heavy (non-hydrogen) atoms. The molecule has 0 saturated heterocycles. The summed E-state index contributed by atoms with van der Waals surface area (Å²) in [6, 6.07) is 6.01. The summed E-state index contributed by atoms with van der Waals surface area (Å²) >= 11 is 0. The summed E-state index contributed by atoms with van der Waals surface area (Å²) in [7, 11) is 1.89. The van der Waals surface area contributed by atoms with Crippen LogP contribution in [0.15, 0.2) is 30.6 Å². The summed E-state index contributed by atoms with van der Waals surface area (Å²) in [6.45, 7) is 3.04. The highest BCUT2D eigenvalue weighted by Crippen LogP contribution is 2.23. The van der Waals surface area contributed by atoms with Gasteiger partial charge in [0.1, 0.15) is 12.4 Å². The van der Waals surface area contributed by atoms with Crippen molar-refractivity contribution in [2.24, 2.45) is 12.8 Å². The van der Waals surface area contributed by atoms with E-state index in [1.807, 2.05) is 38.4 Å². The number of rotatable bonds is 4. The normalized spacial score (nSPS) is 10.5. The van der Waals surface area contributed by atoms with Crippen molar-refractivity contribution in [1.82, 2.24) is 9.78 Å². The largest absolute Gasteiger partial charge is 0.488 e. The van der Waals surface area contributed by atoms with E-state index in [2.05, 4.69) is 5.10 Å². The van der Waals surface area contributed by atoms with Crippen molar-refractivity contribution >= 4 is 0 Å². The molecular formula is C13H17N3O. The van der Waals surface area contributed by atoms with E-state index in [9.17, 15) is 0 Å². The first-order valence-corrected chi connectivity index (χ1v) is 5.59. The van der Waals surface area contributed by atoms with Gasteiger partial charge in [-0.15, -0.1) is 0 Å². The van der Waals surface area contributed by atoms with Crippen LogP contribution in [0.25, 0.3) is 0 Å². The van der Waals surface area contributed by atoms with E-state index >= 15 is 0 Å². The van der Waals surface area contributed by atoms with Crippen LogP contribution in [0.4, 0.5) is 0 Å². The van der Waals surface area contributed by atoms with Crippen LogP contribution < -0.4 is 10.5 Å². The topological polar surface area (TPSA) is 53.1 Å². The van der Waals surface area contributed by atoms with Crippen LogP contribution in [0.3, 0.4) is 0 Å². The molecule has 4 heteroatoms. The second-order valence-electron chi connectivity index (χ2n) is 4.08. The highest BCUT2D eigenvalue weighted by Gasteiger charge is 2.06. The summed E-state index contributed by atoms with van der Waals surface area (Å²) in [5, 5.41) is 4.11. The van der Waals surface area contributed by atoms with Gasteiger partial charge < -0.3 is 10.5 Å². The lowest BCUT2D eigenvalue weighted by atomic mass is 10.1. The van der Waals surface area contributed by atoms with E-state index in [1.54, 1.807) is 10.9 Å². The molecule has 0 aliphatic heterocycles. The average Bonchev–Trinajstić information content (AvgIpc) is 2.73. The van der Waals surface area contributed by atoms with Crippen LogP contribution >= 0.6 is 0 Å². The van der Waals surface area contributed by atoms with Crippen molar-refractivity contribution in [3.63, 3.8) is 0 Å². The molecule has 0 amide bonds. The van der Waals surface area contributed by atoms with Crippen LogP contribution in [-0.4, -0.2) is 9.78 Å². The fourth-order valence-corrected chi connectivity index (χ4v) is 1.78. The zero-order valence-electron chi connectivity index (χ0n) is 10.2. The maximum absolute atomic E-state index is 5.82. The standard InChI is InChI=1S/C13H17N3O/c1-10-4-3-5-12(6-14)13(10)17-9-11-7-15-16(2)8-11/h3-5,7-8H,6,9,14H2,1-2H3. The van der Waals surface area contributed by atoms with Crippen molar-refractivity contribution in [1.29, 1.82) is 0 Å². The van der Waals surface area contributed by atoms with Gasteiger partial charge >= 0.3 is 0 Å². The molecule has 0 radical (unpaired) electrons. The minimum absolute atomic E-state index is 0.490. The number of aryl methyl sites for hydroxylation is 2. The molecule has 4 nitrogen and oxygen atoms in total. The molecule has 0 spiro atoms. The van der Waals surface area contributed by atoms with Gasteiger partial charge in [-0.3, -0.25) is 4.68 Å². The summed E-state index contributed by atoms with van der Waals surface area (Å²) in [5.41, 5.74) is 8.89. The van der Waals surface area contributed by atoms with Crippen LogP contribution in [-0.2, 0) is 20.2 Å². The van der Waals surface area contributed by atoms with Gasteiger partial charge in [-0.25, -0.2) is 0 Å². The lowest BCUT2D eigenvalue weighted by Crippen LogP contribution is -2.03. The Morgan fingerprint density at radius 1 is 1.41 bits per heavy atom. The molecule has 1 aromatic heterocycles. The monoisotopic (exact) mass is 231 g/mol. The lowest BCUT2D eigenvalue weighted by Gasteiger charge is -2.12. The number of ether oxygens (including phenoxy) is 1. The van der Waals surface area contributed by atoms with E-state index in [1.165, 1.54) is 0 Å². The first-order valence-electron chi connectivity index (χ1n) is 5.59. The maximum atomic E-state index is 5.82. The summed E-state index contributed by atoms with van der Waals surface area (Å²) in [5.74, 6) is 0.888. The summed E-state index contributed by atoms with van der Waals surface area (Å²) < 4.78 is 7.59. The number of hydrogen-bond donors (Lipinski definition) is 1. The van der Waals surface area contributed by atoms with Crippen LogP contribution in [0.1, 0.15) is 16.7 Å². The third-order valence-electron chi connectivity index (χ3n) is 2.65. The first kappa shape index (κ1) is 11.7. The molecule has 1 aromatic carbocycles. The molecule has 2 rings (SSSR count). The highest BCUT2D eigenvalue weighted by atomic mass is 16.5. The first-order chi connectivity index (χ1) is 8.20. The van der Waals surface area contributed by atoms with Crippen molar-refractivity contribution in [2.45, 2.75) is 20.1 Å². The smallest absolute Gasteiger partial charge is 0.127 e. The van der Waals surface area contributed by atoms with Gasteiger partial charge in [0, 0.05) is 30.9 Å². The van der Waals surface area contributed by atoms with Crippen LogP contribution in [0.2, 0.25) is 0 Å². The van der Waals surface area contributed by atoms with Gasteiger partial charge in [0.15, 0.2) is 0 Å². The third kappa shape index (κ3) is 2.65. The minimum Gasteiger partial charge on any atom is -0.488 e. The zero-order chi connectivity index (χ0) is 12.3. The Morgan fingerprint density at radius 3 is 2.88 bits per heavy atom.